The van der Waals surface area contributed by atoms with Gasteiger partial charge in [-0.15, -0.1) is 0 Å². The summed E-state index contributed by atoms with van der Waals surface area (Å²) in [6, 6.07) is 0.623. The van der Waals surface area contributed by atoms with E-state index in [9.17, 15) is 5.11 Å². The Morgan fingerprint density at radius 1 is 0.958 bits per heavy atom. The Bertz CT molecular complexity index is 278. The van der Waals surface area contributed by atoms with Gasteiger partial charge in [-0.05, 0) is 77.9 Å². The van der Waals surface area contributed by atoms with Crippen LogP contribution in [0.4, 0.5) is 0 Å². The van der Waals surface area contributed by atoms with Crippen molar-refractivity contribution in [3.63, 3.8) is 0 Å². The lowest BCUT2D eigenvalue weighted by atomic mass is 9.82. The van der Waals surface area contributed by atoms with Gasteiger partial charge >= 0.3 is 0 Å². The molecule has 0 radical (unpaired) electrons. The molecule has 0 aromatic carbocycles. The maximum Gasteiger partial charge on any atom is 0.0672 e. The fraction of sp³-hybridized carbons (Fsp3) is 1.00. The first-order valence-corrected chi connectivity index (χ1v) is 10.7. The molecule has 0 aromatic heterocycles. The van der Waals surface area contributed by atoms with E-state index >= 15 is 0 Å². The number of hydrogen-bond acceptors (Lipinski definition) is 3. The third kappa shape index (κ3) is 8.31. The summed E-state index contributed by atoms with van der Waals surface area (Å²) in [6.45, 7) is 20.6. The first kappa shape index (κ1) is 23.9. The Morgan fingerprint density at radius 3 is 1.88 bits per heavy atom. The molecule has 0 atom stereocenters. The first-order valence-electron chi connectivity index (χ1n) is 10.7. The van der Waals surface area contributed by atoms with Crippen molar-refractivity contribution in [3.05, 3.63) is 0 Å². The Morgan fingerprint density at radius 2 is 1.46 bits per heavy atom. The van der Waals surface area contributed by atoms with Gasteiger partial charge in [0.2, 0.25) is 0 Å². The van der Waals surface area contributed by atoms with E-state index in [4.69, 9.17) is 0 Å². The molecule has 2 aliphatic rings. The van der Waals surface area contributed by atoms with E-state index in [1.165, 1.54) is 38.9 Å². The van der Waals surface area contributed by atoms with Gasteiger partial charge in [-0.2, -0.15) is 0 Å². The van der Waals surface area contributed by atoms with E-state index < -0.39 is 0 Å². The van der Waals surface area contributed by atoms with E-state index in [2.05, 4.69) is 30.6 Å². The number of aliphatic hydroxyl groups is 1. The normalized spacial score (nSPS) is 22.4. The second-order valence-electron chi connectivity index (χ2n) is 7.27. The van der Waals surface area contributed by atoms with Crippen molar-refractivity contribution in [2.45, 2.75) is 98.6 Å². The van der Waals surface area contributed by atoms with E-state index in [0.717, 1.165) is 38.3 Å². The molecule has 0 aliphatic carbocycles. The topological polar surface area (TPSA) is 26.7 Å². The average molecular weight is 343 g/mol. The Balaban J connectivity index is 0.00000123. The van der Waals surface area contributed by atoms with Crippen LogP contribution in [-0.4, -0.2) is 59.3 Å². The maximum absolute atomic E-state index is 10.8. The zero-order chi connectivity index (χ0) is 18.6. The largest absolute Gasteiger partial charge is 0.390 e. The molecule has 1 N–H and O–H groups in total. The zero-order valence-electron chi connectivity index (χ0n) is 17.8. The highest BCUT2D eigenvalue weighted by atomic mass is 16.3. The van der Waals surface area contributed by atoms with Crippen LogP contribution < -0.4 is 0 Å². The summed E-state index contributed by atoms with van der Waals surface area (Å²) in [5.74, 6) is 0.852. The molecule has 24 heavy (non-hydrogen) atoms. The molecule has 2 saturated heterocycles. The molecule has 0 aromatic rings. The van der Waals surface area contributed by atoms with Crippen molar-refractivity contribution in [2.75, 3.05) is 32.7 Å². The lowest BCUT2D eigenvalue weighted by Gasteiger charge is -2.41. The minimum absolute atomic E-state index is 0.368. The van der Waals surface area contributed by atoms with Crippen LogP contribution in [0, 0.1) is 5.92 Å². The quantitative estimate of drug-likeness (QED) is 0.778. The number of piperidine rings is 2. The summed E-state index contributed by atoms with van der Waals surface area (Å²) in [5.41, 5.74) is -0.368. The van der Waals surface area contributed by atoms with E-state index in [-0.39, 0.29) is 5.60 Å². The van der Waals surface area contributed by atoms with Crippen molar-refractivity contribution in [1.29, 1.82) is 0 Å². The SMILES string of the molecule is CC.CC.CCN1CCC(CCC2(O)CCN(C(C)C)CC2)CC1. The smallest absolute Gasteiger partial charge is 0.0672 e. The van der Waals surface area contributed by atoms with Crippen molar-refractivity contribution >= 4 is 0 Å². The first-order chi connectivity index (χ1) is 11.5. The molecule has 2 aliphatic heterocycles. The van der Waals surface area contributed by atoms with Gasteiger partial charge in [0, 0.05) is 19.1 Å². The lowest BCUT2D eigenvalue weighted by Crippen LogP contribution is -2.47. The standard InChI is InChI=1S/C17H34N2O.2C2H6/c1-4-18-11-6-16(7-12-18)5-8-17(20)9-13-19(14-10-17)15(2)3;2*1-2/h15-16,20H,4-14H2,1-3H3;2*1-2H3. The van der Waals surface area contributed by atoms with E-state index in [1.54, 1.807) is 0 Å². The van der Waals surface area contributed by atoms with Crippen molar-refractivity contribution in [1.82, 2.24) is 9.80 Å². The average Bonchev–Trinajstić information content (AvgIpc) is 2.64. The highest BCUT2D eigenvalue weighted by molar-refractivity contribution is 4.87. The molecule has 0 unspecified atom stereocenters. The molecule has 3 heteroatoms. The van der Waals surface area contributed by atoms with Crippen LogP contribution in [0.2, 0.25) is 0 Å². The van der Waals surface area contributed by atoms with Crippen LogP contribution in [-0.2, 0) is 0 Å². The zero-order valence-corrected chi connectivity index (χ0v) is 17.8. The second kappa shape index (κ2) is 13.1. The predicted molar refractivity (Wildman–Crippen MR) is 108 cm³/mol. The Labute approximate surface area is 152 Å². The fourth-order valence-corrected chi connectivity index (χ4v) is 3.77. The number of likely N-dealkylation sites (tertiary alicyclic amines) is 2. The predicted octanol–water partition coefficient (Wildman–Crippen LogP) is 4.79. The summed E-state index contributed by atoms with van der Waals surface area (Å²) in [4.78, 5) is 5.04. The van der Waals surface area contributed by atoms with Gasteiger partial charge in [0.25, 0.3) is 0 Å². The third-order valence-electron chi connectivity index (χ3n) is 5.63. The van der Waals surface area contributed by atoms with E-state index in [0.29, 0.717) is 6.04 Å². The molecule has 0 amide bonds. The van der Waals surface area contributed by atoms with Gasteiger partial charge in [-0.25, -0.2) is 0 Å². The highest BCUT2D eigenvalue weighted by Crippen LogP contribution is 2.31. The molecule has 2 rings (SSSR count). The summed E-state index contributed by atoms with van der Waals surface area (Å²) in [5, 5.41) is 10.8. The number of hydrogen-bond donors (Lipinski definition) is 1. The monoisotopic (exact) mass is 342 g/mol. The Kier molecular flexibility index (Phi) is 13.1. The summed E-state index contributed by atoms with van der Waals surface area (Å²) < 4.78 is 0. The van der Waals surface area contributed by atoms with Crippen molar-refractivity contribution in [3.8, 4) is 0 Å². The molecule has 3 nitrogen and oxygen atoms in total. The van der Waals surface area contributed by atoms with Gasteiger partial charge in [-0.1, -0.05) is 34.6 Å². The highest BCUT2D eigenvalue weighted by Gasteiger charge is 2.33. The molecule has 2 heterocycles. The van der Waals surface area contributed by atoms with Crippen molar-refractivity contribution in [2.24, 2.45) is 5.92 Å². The van der Waals surface area contributed by atoms with Crippen LogP contribution in [0.25, 0.3) is 0 Å². The van der Waals surface area contributed by atoms with Gasteiger partial charge < -0.3 is 14.9 Å². The van der Waals surface area contributed by atoms with Crippen LogP contribution in [0.15, 0.2) is 0 Å². The molecule has 2 fully saturated rings. The van der Waals surface area contributed by atoms with Crippen molar-refractivity contribution < 1.29 is 5.11 Å². The maximum atomic E-state index is 10.8. The van der Waals surface area contributed by atoms with Crippen LogP contribution in [0.1, 0.15) is 87.0 Å². The van der Waals surface area contributed by atoms with Crippen LogP contribution in [0.3, 0.4) is 0 Å². The van der Waals surface area contributed by atoms with Gasteiger partial charge in [-0.3, -0.25) is 0 Å². The minimum atomic E-state index is -0.368. The molecule has 0 spiro atoms. The Hall–Kier alpha value is -0.120. The van der Waals surface area contributed by atoms with Gasteiger partial charge in [0.15, 0.2) is 0 Å². The second-order valence-corrected chi connectivity index (χ2v) is 7.27. The number of rotatable bonds is 5. The molecular weight excluding hydrogens is 296 g/mol. The molecular formula is C21H46N2O. The lowest BCUT2D eigenvalue weighted by molar-refractivity contribution is -0.0390. The van der Waals surface area contributed by atoms with E-state index in [1.807, 2.05) is 27.7 Å². The molecule has 0 bridgehead atoms. The molecule has 146 valence electrons. The van der Waals surface area contributed by atoms with Gasteiger partial charge in [0.05, 0.1) is 5.60 Å². The summed E-state index contributed by atoms with van der Waals surface area (Å²) >= 11 is 0. The summed E-state index contributed by atoms with van der Waals surface area (Å²) in [6.07, 6.45) is 6.87. The summed E-state index contributed by atoms with van der Waals surface area (Å²) in [7, 11) is 0. The van der Waals surface area contributed by atoms with Gasteiger partial charge in [0.1, 0.15) is 0 Å². The van der Waals surface area contributed by atoms with Crippen LogP contribution >= 0.6 is 0 Å². The number of nitrogens with zero attached hydrogens (tertiary/aromatic N) is 2. The molecule has 0 saturated carbocycles. The fourth-order valence-electron chi connectivity index (χ4n) is 3.77. The minimum Gasteiger partial charge on any atom is -0.390 e. The van der Waals surface area contributed by atoms with Crippen LogP contribution in [0.5, 0.6) is 0 Å². The third-order valence-corrected chi connectivity index (χ3v) is 5.63.